The van der Waals surface area contributed by atoms with E-state index in [9.17, 15) is 10.1 Å². The second kappa shape index (κ2) is 6.56. The fraction of sp³-hybridized carbons (Fsp3) is 0.200. The molecule has 0 heterocycles. The van der Waals surface area contributed by atoms with Crippen LogP contribution in [0, 0.1) is 17.0 Å². The molecule has 0 saturated heterocycles. The Labute approximate surface area is 127 Å². The molecule has 0 aromatic heterocycles. The van der Waals surface area contributed by atoms with E-state index in [4.69, 9.17) is 16.3 Å². The number of halogens is 1. The van der Waals surface area contributed by atoms with Crippen LogP contribution in [-0.4, -0.2) is 12.0 Å². The molecule has 6 heteroatoms. The molecule has 0 unspecified atom stereocenters. The van der Waals surface area contributed by atoms with Crippen molar-refractivity contribution in [3.63, 3.8) is 0 Å². The smallest absolute Gasteiger partial charge is 0.311 e. The summed E-state index contributed by atoms with van der Waals surface area (Å²) < 4.78 is 5.59. The topological polar surface area (TPSA) is 64.4 Å². The number of nitrogens with zero attached hydrogens (tertiary/aromatic N) is 1. The molecular weight excluding hydrogens is 292 g/mol. The molecule has 2 aromatic carbocycles. The summed E-state index contributed by atoms with van der Waals surface area (Å²) in [6.07, 6.45) is 0. The van der Waals surface area contributed by atoms with Gasteiger partial charge in [0.05, 0.1) is 4.92 Å². The SMILES string of the molecule is CNCc1ccc(Oc2ccc(C)cc2[N+](=O)[O-])cc1Cl. The van der Waals surface area contributed by atoms with Gasteiger partial charge in [-0.25, -0.2) is 0 Å². The first-order chi connectivity index (χ1) is 10.0. The molecule has 0 radical (unpaired) electrons. The third-order valence-corrected chi connectivity index (χ3v) is 3.28. The third kappa shape index (κ3) is 3.71. The van der Waals surface area contributed by atoms with Crippen LogP contribution in [0.3, 0.4) is 0 Å². The van der Waals surface area contributed by atoms with E-state index >= 15 is 0 Å². The summed E-state index contributed by atoms with van der Waals surface area (Å²) in [5.41, 5.74) is 1.67. The number of benzene rings is 2. The van der Waals surface area contributed by atoms with Crippen LogP contribution in [0.2, 0.25) is 5.02 Å². The van der Waals surface area contributed by atoms with Crippen LogP contribution in [0.1, 0.15) is 11.1 Å². The van der Waals surface area contributed by atoms with Crippen LogP contribution >= 0.6 is 11.6 Å². The maximum Gasteiger partial charge on any atom is 0.311 e. The molecule has 0 amide bonds. The van der Waals surface area contributed by atoms with Gasteiger partial charge in [-0.1, -0.05) is 23.7 Å². The average Bonchev–Trinajstić information content (AvgIpc) is 2.44. The van der Waals surface area contributed by atoms with E-state index in [1.54, 1.807) is 31.2 Å². The van der Waals surface area contributed by atoms with Crippen LogP contribution in [0.25, 0.3) is 0 Å². The van der Waals surface area contributed by atoms with Gasteiger partial charge in [0.15, 0.2) is 0 Å². The lowest BCUT2D eigenvalue weighted by Crippen LogP contribution is -2.05. The monoisotopic (exact) mass is 306 g/mol. The molecule has 0 bridgehead atoms. The van der Waals surface area contributed by atoms with E-state index in [1.807, 2.05) is 13.1 Å². The second-order valence-electron chi connectivity index (χ2n) is 4.61. The van der Waals surface area contributed by atoms with Crippen molar-refractivity contribution in [1.29, 1.82) is 0 Å². The molecule has 2 aromatic rings. The Balaban J connectivity index is 2.30. The Bertz CT molecular complexity index is 674. The summed E-state index contributed by atoms with van der Waals surface area (Å²) in [6, 6.07) is 10.0. The van der Waals surface area contributed by atoms with E-state index in [0.717, 1.165) is 11.1 Å². The zero-order valence-electron chi connectivity index (χ0n) is 11.7. The highest BCUT2D eigenvalue weighted by atomic mass is 35.5. The van der Waals surface area contributed by atoms with E-state index in [2.05, 4.69) is 5.32 Å². The van der Waals surface area contributed by atoms with Crippen LogP contribution in [-0.2, 0) is 6.54 Å². The zero-order valence-corrected chi connectivity index (χ0v) is 12.5. The largest absolute Gasteiger partial charge is 0.450 e. The Morgan fingerprint density at radius 3 is 2.67 bits per heavy atom. The van der Waals surface area contributed by atoms with E-state index < -0.39 is 4.92 Å². The third-order valence-electron chi connectivity index (χ3n) is 2.93. The molecule has 1 N–H and O–H groups in total. The van der Waals surface area contributed by atoms with Gasteiger partial charge in [-0.15, -0.1) is 0 Å². The first-order valence-electron chi connectivity index (χ1n) is 6.37. The molecule has 0 atom stereocenters. The summed E-state index contributed by atoms with van der Waals surface area (Å²) in [5, 5.41) is 14.6. The van der Waals surface area contributed by atoms with Crippen molar-refractivity contribution < 1.29 is 9.66 Å². The number of nitro groups is 1. The van der Waals surface area contributed by atoms with Crippen molar-refractivity contribution in [2.75, 3.05) is 7.05 Å². The Kier molecular flexibility index (Phi) is 4.77. The Hall–Kier alpha value is -2.11. The molecule has 21 heavy (non-hydrogen) atoms. The van der Waals surface area contributed by atoms with E-state index in [-0.39, 0.29) is 11.4 Å². The van der Waals surface area contributed by atoms with Gasteiger partial charge < -0.3 is 10.1 Å². The number of hydrogen-bond donors (Lipinski definition) is 1. The standard InChI is InChI=1S/C15H15ClN2O3/c1-10-3-6-15(14(7-10)18(19)20)21-12-5-4-11(9-17-2)13(16)8-12/h3-8,17H,9H2,1-2H3. The minimum absolute atomic E-state index is 0.0644. The first kappa shape index (κ1) is 15.3. The molecular formula is C15H15ClN2O3. The highest BCUT2D eigenvalue weighted by molar-refractivity contribution is 6.31. The number of nitrogens with one attached hydrogen (secondary N) is 1. The fourth-order valence-corrected chi connectivity index (χ4v) is 2.15. The van der Waals surface area contributed by atoms with Crippen molar-refractivity contribution in [2.45, 2.75) is 13.5 Å². The second-order valence-corrected chi connectivity index (χ2v) is 5.02. The predicted octanol–water partition coefficient (Wildman–Crippen LogP) is 4.07. The van der Waals surface area contributed by atoms with Crippen LogP contribution < -0.4 is 10.1 Å². The molecule has 0 aliphatic carbocycles. The summed E-state index contributed by atoms with van der Waals surface area (Å²) in [5.74, 6) is 0.662. The van der Waals surface area contributed by atoms with Crippen molar-refractivity contribution in [2.24, 2.45) is 0 Å². The summed E-state index contributed by atoms with van der Waals surface area (Å²) in [4.78, 5) is 10.6. The number of aryl methyl sites for hydroxylation is 1. The number of rotatable bonds is 5. The number of ether oxygens (including phenoxy) is 1. The van der Waals surface area contributed by atoms with Gasteiger partial charge in [-0.3, -0.25) is 10.1 Å². The maximum atomic E-state index is 11.1. The summed E-state index contributed by atoms with van der Waals surface area (Å²) in [7, 11) is 1.83. The van der Waals surface area contributed by atoms with Gasteiger partial charge in [0, 0.05) is 17.6 Å². The highest BCUT2D eigenvalue weighted by Crippen LogP contribution is 2.33. The molecule has 0 spiro atoms. The van der Waals surface area contributed by atoms with Crippen LogP contribution in [0.4, 0.5) is 5.69 Å². The lowest BCUT2D eigenvalue weighted by atomic mass is 10.2. The normalized spacial score (nSPS) is 10.4. The molecule has 5 nitrogen and oxygen atoms in total. The molecule has 0 aliphatic heterocycles. The van der Waals surface area contributed by atoms with Gasteiger partial charge in [0.1, 0.15) is 5.75 Å². The van der Waals surface area contributed by atoms with E-state index in [0.29, 0.717) is 17.3 Å². The summed E-state index contributed by atoms with van der Waals surface area (Å²) in [6.45, 7) is 2.43. The minimum atomic E-state index is -0.459. The Morgan fingerprint density at radius 2 is 2.05 bits per heavy atom. The van der Waals surface area contributed by atoms with E-state index in [1.165, 1.54) is 6.07 Å². The fourth-order valence-electron chi connectivity index (χ4n) is 1.91. The quantitative estimate of drug-likeness (QED) is 0.668. The van der Waals surface area contributed by atoms with Gasteiger partial charge in [-0.05, 0) is 43.3 Å². The van der Waals surface area contributed by atoms with Gasteiger partial charge >= 0.3 is 5.69 Å². The number of hydrogen-bond acceptors (Lipinski definition) is 4. The summed E-state index contributed by atoms with van der Waals surface area (Å²) >= 11 is 6.15. The molecule has 0 aliphatic rings. The lowest BCUT2D eigenvalue weighted by molar-refractivity contribution is -0.385. The van der Waals surface area contributed by atoms with Gasteiger partial charge in [0.25, 0.3) is 0 Å². The number of nitro benzene ring substituents is 1. The van der Waals surface area contributed by atoms with Crippen LogP contribution in [0.5, 0.6) is 11.5 Å². The lowest BCUT2D eigenvalue weighted by Gasteiger charge is -2.09. The molecule has 2 rings (SSSR count). The molecule has 110 valence electrons. The average molecular weight is 307 g/mol. The van der Waals surface area contributed by atoms with Crippen molar-refractivity contribution in [1.82, 2.24) is 5.32 Å². The predicted molar refractivity (Wildman–Crippen MR) is 82.1 cm³/mol. The Morgan fingerprint density at radius 1 is 1.29 bits per heavy atom. The van der Waals surface area contributed by atoms with Gasteiger partial charge in [-0.2, -0.15) is 0 Å². The van der Waals surface area contributed by atoms with Crippen molar-refractivity contribution >= 4 is 17.3 Å². The maximum absolute atomic E-state index is 11.1. The zero-order chi connectivity index (χ0) is 15.4. The molecule has 0 fully saturated rings. The van der Waals surface area contributed by atoms with Gasteiger partial charge in [0.2, 0.25) is 5.75 Å². The highest BCUT2D eigenvalue weighted by Gasteiger charge is 2.16. The van der Waals surface area contributed by atoms with Crippen LogP contribution in [0.15, 0.2) is 36.4 Å². The minimum Gasteiger partial charge on any atom is -0.450 e. The van der Waals surface area contributed by atoms with Crippen molar-refractivity contribution in [3.8, 4) is 11.5 Å². The molecule has 0 saturated carbocycles. The first-order valence-corrected chi connectivity index (χ1v) is 6.75. The van der Waals surface area contributed by atoms with Crippen molar-refractivity contribution in [3.05, 3.63) is 62.7 Å².